The van der Waals surface area contributed by atoms with Crippen LogP contribution in [0.25, 0.3) is 67.9 Å². The minimum absolute atomic E-state index is 0.246. The van der Waals surface area contributed by atoms with Crippen LogP contribution >= 0.6 is 0 Å². The van der Waals surface area contributed by atoms with Crippen LogP contribution in [0.15, 0.2) is 147 Å². The van der Waals surface area contributed by atoms with Gasteiger partial charge >= 0.3 is 20.5 Å². The number of para-hydroxylation sites is 3. The van der Waals surface area contributed by atoms with E-state index < -0.39 is 0 Å². The molecular formula is C56H58B3N6O3+3. The molecule has 6 aromatic heterocycles. The number of benzene rings is 3. The fourth-order valence-electron chi connectivity index (χ4n) is 10.6. The van der Waals surface area contributed by atoms with E-state index in [1.807, 2.05) is 36.4 Å². The van der Waals surface area contributed by atoms with Crippen molar-refractivity contribution in [2.45, 2.75) is 55.1 Å². The number of pyridine rings is 3. The van der Waals surface area contributed by atoms with Gasteiger partial charge in [0.25, 0.3) is 17.5 Å². The molecule has 3 aliphatic rings. The van der Waals surface area contributed by atoms with Gasteiger partial charge in [-0.2, -0.15) is 0 Å². The van der Waals surface area contributed by atoms with Gasteiger partial charge in [0.05, 0.1) is 72.5 Å². The molecule has 3 aromatic carbocycles. The van der Waals surface area contributed by atoms with Crippen LogP contribution in [-0.2, 0) is 21.1 Å². The summed E-state index contributed by atoms with van der Waals surface area (Å²) in [4.78, 5) is 7.13. The lowest BCUT2D eigenvalue weighted by Crippen LogP contribution is -2.50. The zero-order valence-electron chi connectivity index (χ0n) is 41.1. The molecule has 3 aliphatic heterocycles. The van der Waals surface area contributed by atoms with Gasteiger partial charge < -0.3 is 13.3 Å². The van der Waals surface area contributed by atoms with Gasteiger partial charge in [-0.25, -0.2) is 13.7 Å². The highest BCUT2D eigenvalue weighted by Gasteiger charge is 2.36. The topological polar surface area (TPSA) is 60.8 Å². The highest BCUT2D eigenvalue weighted by Crippen LogP contribution is 2.24. The molecule has 0 radical (unpaired) electrons. The number of nitrogens with zero attached hydrogens (tertiary/aromatic N) is 6. The quantitative estimate of drug-likeness (QED) is 0.157. The van der Waals surface area contributed by atoms with Crippen molar-refractivity contribution in [1.29, 1.82) is 0 Å². The first-order valence-electron chi connectivity index (χ1n) is 23.6. The van der Waals surface area contributed by atoms with E-state index >= 15 is 0 Å². The van der Waals surface area contributed by atoms with Crippen LogP contribution in [0.4, 0.5) is 17.5 Å². The Morgan fingerprint density at radius 1 is 0.397 bits per heavy atom. The van der Waals surface area contributed by atoms with Gasteiger partial charge in [0.1, 0.15) is 33.0 Å². The van der Waals surface area contributed by atoms with Crippen LogP contribution in [0.3, 0.4) is 0 Å². The second kappa shape index (κ2) is 17.6. The Hall–Kier alpha value is -7.46. The van der Waals surface area contributed by atoms with Crippen LogP contribution in [0.5, 0.6) is 0 Å². The number of furan rings is 3. The summed E-state index contributed by atoms with van der Waals surface area (Å²) in [6.07, 6.45) is 6.37. The number of anilines is 3. The van der Waals surface area contributed by atoms with E-state index in [9.17, 15) is 0 Å². The van der Waals surface area contributed by atoms with E-state index in [2.05, 4.69) is 220 Å². The molecule has 9 nitrogen and oxygen atoms in total. The Kier molecular flexibility index (Phi) is 11.5. The largest absolute Gasteiger partial charge is 0.457 e. The van der Waals surface area contributed by atoms with Crippen molar-refractivity contribution >= 4 is 106 Å². The van der Waals surface area contributed by atoms with Gasteiger partial charge in [0.15, 0.2) is 0 Å². The van der Waals surface area contributed by atoms with Crippen LogP contribution in [0.2, 0.25) is 20.5 Å². The molecule has 9 aromatic rings. The third-order valence-corrected chi connectivity index (χ3v) is 13.7. The summed E-state index contributed by atoms with van der Waals surface area (Å²) in [5, 5.41) is 7.17. The minimum Gasteiger partial charge on any atom is -0.457 e. The molecule has 12 heteroatoms. The minimum atomic E-state index is 0.246. The molecule has 336 valence electrons. The van der Waals surface area contributed by atoms with E-state index in [1.165, 1.54) is 77.5 Å². The summed E-state index contributed by atoms with van der Waals surface area (Å²) < 4.78 is 24.7. The second-order valence-electron chi connectivity index (χ2n) is 18.6. The van der Waals surface area contributed by atoms with Crippen molar-refractivity contribution in [2.75, 3.05) is 14.4 Å². The number of fused-ring (bicyclic) bond motifs is 9. The highest BCUT2D eigenvalue weighted by atomic mass is 16.3. The summed E-state index contributed by atoms with van der Waals surface area (Å²) >= 11 is 0. The van der Waals surface area contributed by atoms with Crippen LogP contribution in [0, 0.1) is 13.8 Å². The SMILES string of the molecule is CB1C=c2oc3ccccc3c2=C(C)N1c1cc(C)cc[n+]1C.CB1C=c2oc3ccccc3c2=C(C)N1c1ccc(C)c[n+]1C.CB1C=c2oc3ccccc3c2=C(C)N1c1cccc[n+]1C. The number of hydrogen-bond donors (Lipinski definition) is 0. The first-order chi connectivity index (χ1) is 32.8. The van der Waals surface area contributed by atoms with Crippen LogP contribution in [-0.4, -0.2) is 20.5 Å². The first-order valence-corrected chi connectivity index (χ1v) is 23.6. The maximum atomic E-state index is 6.06. The smallest absolute Gasteiger partial charge is 0.405 e. The molecule has 0 saturated heterocycles. The lowest BCUT2D eigenvalue weighted by Gasteiger charge is -2.23. The second-order valence-corrected chi connectivity index (χ2v) is 18.6. The normalized spacial score (nSPS) is 14.2. The van der Waals surface area contributed by atoms with Crippen molar-refractivity contribution in [1.82, 2.24) is 0 Å². The Balaban J connectivity index is 0.000000119. The molecular weight excluding hydrogens is 837 g/mol. The number of rotatable bonds is 3. The Morgan fingerprint density at radius 3 is 1.24 bits per heavy atom. The maximum Gasteiger partial charge on any atom is 0.405 e. The number of hydrogen-bond acceptors (Lipinski definition) is 6. The van der Waals surface area contributed by atoms with Gasteiger partial charge in [-0.15, -0.1) is 0 Å². The third-order valence-electron chi connectivity index (χ3n) is 13.7. The average molecular weight is 896 g/mol. The summed E-state index contributed by atoms with van der Waals surface area (Å²) in [6, 6.07) is 39.8. The third kappa shape index (κ3) is 7.71. The van der Waals surface area contributed by atoms with Crippen molar-refractivity contribution in [3.8, 4) is 0 Å². The summed E-state index contributed by atoms with van der Waals surface area (Å²) in [5.74, 6) is 10.2. The lowest BCUT2D eigenvalue weighted by molar-refractivity contribution is -0.658. The molecule has 68 heavy (non-hydrogen) atoms. The lowest BCUT2D eigenvalue weighted by atomic mass is 9.61. The van der Waals surface area contributed by atoms with Crippen molar-refractivity contribution < 1.29 is 27.0 Å². The Bertz CT molecular complexity index is 3860. The number of aryl methyl sites for hydroxylation is 5. The molecule has 12 rings (SSSR count). The van der Waals surface area contributed by atoms with E-state index in [1.54, 1.807) is 0 Å². The summed E-state index contributed by atoms with van der Waals surface area (Å²) in [6.45, 7) is 18.2. The molecule has 0 atom stereocenters. The molecule has 0 bridgehead atoms. The standard InChI is InChI=1S/2C19H20BN2O.C18H18BN2O/c1-13-9-10-18(21(4)12-13)22-14(2)19-15-7-5-6-8-16(15)23-17(19)11-20(22)3;1-13-9-10-21(4)18(11-13)22-14(2)19-15-7-5-6-8-16(15)23-17(19)12-20(22)3;1-13-18-14-8-4-5-9-15(14)22-16(18)12-19(2)21(13)17-10-6-7-11-20(17)3/h2*5-12H,1-4H3;4-12H,1-3H3/q3*+1. The zero-order chi connectivity index (χ0) is 47.5. The predicted molar refractivity (Wildman–Crippen MR) is 282 cm³/mol. The van der Waals surface area contributed by atoms with E-state index in [-0.39, 0.29) is 20.5 Å². The van der Waals surface area contributed by atoms with Gasteiger partial charge in [-0.3, -0.25) is 14.4 Å². The molecule has 9 heterocycles. The van der Waals surface area contributed by atoms with Crippen LogP contribution in [0.1, 0.15) is 31.9 Å². The fraction of sp³-hybridized carbons (Fsp3) is 0.196. The van der Waals surface area contributed by atoms with Crippen molar-refractivity contribution in [3.63, 3.8) is 0 Å². The molecule has 0 unspecified atom stereocenters. The first kappa shape index (κ1) is 44.4. The molecule has 0 fully saturated rings. The Morgan fingerprint density at radius 2 is 0.794 bits per heavy atom. The number of aromatic nitrogens is 3. The van der Waals surface area contributed by atoms with Gasteiger partial charge in [-0.1, -0.05) is 60.7 Å². The molecule has 0 N–H and O–H groups in total. The molecule has 0 spiro atoms. The van der Waals surface area contributed by atoms with Crippen molar-refractivity contribution in [3.05, 3.63) is 177 Å². The fourth-order valence-corrected chi connectivity index (χ4v) is 10.6. The summed E-state index contributed by atoms with van der Waals surface area (Å²) in [7, 11) is 6.28. The monoisotopic (exact) mass is 895 g/mol. The summed E-state index contributed by atoms with van der Waals surface area (Å²) in [5.41, 5.74) is 12.1. The molecule has 0 amide bonds. The predicted octanol–water partition coefficient (Wildman–Crippen LogP) is 6.16. The van der Waals surface area contributed by atoms with E-state index in [4.69, 9.17) is 13.3 Å². The molecule has 0 saturated carbocycles. The zero-order valence-corrected chi connectivity index (χ0v) is 41.1. The van der Waals surface area contributed by atoms with Gasteiger partial charge in [0, 0.05) is 34.4 Å². The van der Waals surface area contributed by atoms with Crippen molar-refractivity contribution in [2.24, 2.45) is 21.1 Å². The van der Waals surface area contributed by atoms with E-state index in [0.717, 1.165) is 33.0 Å². The van der Waals surface area contributed by atoms with E-state index in [0.29, 0.717) is 0 Å². The van der Waals surface area contributed by atoms with Crippen LogP contribution < -0.4 is 60.0 Å². The maximum absolute atomic E-state index is 6.06. The Labute approximate surface area is 398 Å². The van der Waals surface area contributed by atoms with Gasteiger partial charge in [-0.05, 0) is 121 Å². The van der Waals surface area contributed by atoms with Gasteiger partial charge in [0.2, 0.25) is 0 Å². The highest BCUT2D eigenvalue weighted by molar-refractivity contribution is 6.78. The average Bonchev–Trinajstić information content (AvgIpc) is 4.00. The molecule has 0 aliphatic carbocycles.